The van der Waals surface area contributed by atoms with E-state index in [1.54, 1.807) is 0 Å². The summed E-state index contributed by atoms with van der Waals surface area (Å²) in [7, 11) is 1.81. The molecule has 0 bridgehead atoms. The molecule has 2 aliphatic rings. The number of hydrogen-bond donors (Lipinski definition) is 2. The van der Waals surface area contributed by atoms with Crippen molar-refractivity contribution in [1.82, 2.24) is 0 Å². The van der Waals surface area contributed by atoms with Crippen molar-refractivity contribution in [2.24, 2.45) is 23.2 Å². The Bertz CT molecular complexity index is 371. The summed E-state index contributed by atoms with van der Waals surface area (Å²) in [5.41, 5.74) is -0.0631. The second kappa shape index (κ2) is 16.7. The number of hydrogen-bond acceptors (Lipinski definition) is 4. The fraction of sp³-hybridized carbons (Fsp3) is 0.909. The van der Waals surface area contributed by atoms with E-state index in [2.05, 4.69) is 33.9 Å². The van der Waals surface area contributed by atoms with Gasteiger partial charge in [0, 0.05) is 13.7 Å². The highest BCUT2D eigenvalue weighted by molar-refractivity contribution is 7.59. The van der Waals surface area contributed by atoms with Gasteiger partial charge in [0.05, 0.1) is 24.9 Å². The quantitative estimate of drug-likeness (QED) is 0.651. The SMILES string of the molecule is C.C=C.CC.CO[C@H]1C[C@@H](C)C(CO)C2CC(C)(OCCO)CC[C@@]21C.O.S. The fourth-order valence-corrected chi connectivity index (χ4v) is 4.83. The van der Waals surface area contributed by atoms with Crippen LogP contribution in [0.25, 0.3) is 0 Å². The van der Waals surface area contributed by atoms with Gasteiger partial charge in [-0.1, -0.05) is 35.1 Å². The van der Waals surface area contributed by atoms with Crippen LogP contribution in [0.1, 0.15) is 67.7 Å². The van der Waals surface area contributed by atoms with Gasteiger partial charge in [0.1, 0.15) is 0 Å². The zero-order valence-electron chi connectivity index (χ0n) is 18.4. The van der Waals surface area contributed by atoms with E-state index >= 15 is 0 Å². The predicted molar refractivity (Wildman–Crippen MR) is 125 cm³/mol. The Labute approximate surface area is 181 Å². The minimum atomic E-state index is -0.185. The number of aliphatic hydroxyl groups excluding tert-OH is 2. The van der Waals surface area contributed by atoms with E-state index in [1.807, 2.05) is 21.0 Å². The predicted octanol–water partition coefficient (Wildman–Crippen LogP) is 3.98. The molecule has 0 aromatic heterocycles. The monoisotopic (exact) mass is 426 g/mol. The van der Waals surface area contributed by atoms with Crippen LogP contribution < -0.4 is 0 Å². The minimum Gasteiger partial charge on any atom is -0.412 e. The molecule has 2 saturated carbocycles. The molecule has 0 heterocycles. The van der Waals surface area contributed by atoms with Crippen LogP contribution in [-0.4, -0.2) is 54.3 Å². The second-order valence-corrected chi connectivity index (χ2v) is 7.62. The van der Waals surface area contributed by atoms with Gasteiger partial charge in [-0.05, 0) is 55.8 Å². The van der Waals surface area contributed by atoms with Crippen molar-refractivity contribution in [3.8, 4) is 0 Å². The summed E-state index contributed by atoms with van der Waals surface area (Å²) in [4.78, 5) is 0. The Kier molecular flexibility index (Phi) is 21.0. The van der Waals surface area contributed by atoms with E-state index in [0.29, 0.717) is 24.4 Å². The molecule has 2 rings (SSSR count). The molecule has 3 unspecified atom stereocenters. The fourth-order valence-electron chi connectivity index (χ4n) is 4.83. The number of fused-ring (bicyclic) bond motifs is 1. The zero-order chi connectivity index (χ0) is 19.7. The standard InChI is InChI=1S/C17H32O4.C2H6.C2H4.CH4.H2O.H2S/c1-12-9-15(20-4)17(3)6-5-16(2,21-8-7-18)10-14(17)13(12)11-19;2*1-2;;;/h12-15,18-19H,5-11H2,1-4H3;1-2H3;1-2H2;1H4;2*1H2/t12-,13?,14?,15+,16?,17+;;;;;/m1...../s1. The molecule has 2 fully saturated rings. The highest BCUT2D eigenvalue weighted by atomic mass is 32.1. The Morgan fingerprint density at radius 3 is 2.07 bits per heavy atom. The third-order valence-electron chi connectivity index (χ3n) is 6.30. The van der Waals surface area contributed by atoms with Crippen molar-refractivity contribution in [1.29, 1.82) is 0 Å². The summed E-state index contributed by atoms with van der Waals surface area (Å²) in [6, 6.07) is 0. The van der Waals surface area contributed by atoms with Gasteiger partial charge < -0.3 is 25.2 Å². The van der Waals surface area contributed by atoms with Crippen molar-refractivity contribution in [2.75, 3.05) is 26.9 Å². The molecule has 174 valence electrons. The minimum absolute atomic E-state index is 0. The highest BCUT2D eigenvalue weighted by Gasteiger charge is 2.55. The maximum atomic E-state index is 9.90. The van der Waals surface area contributed by atoms with Crippen LogP contribution in [-0.2, 0) is 9.47 Å². The summed E-state index contributed by atoms with van der Waals surface area (Å²) in [5.74, 6) is 1.20. The highest BCUT2D eigenvalue weighted by Crippen LogP contribution is 2.57. The Balaban J connectivity index is -0.000000386. The summed E-state index contributed by atoms with van der Waals surface area (Å²) < 4.78 is 11.8. The van der Waals surface area contributed by atoms with E-state index in [-0.39, 0.29) is 56.7 Å². The Morgan fingerprint density at radius 2 is 1.64 bits per heavy atom. The normalized spacial score (nSPS) is 35.7. The molecule has 6 atom stereocenters. The zero-order valence-corrected chi connectivity index (χ0v) is 19.4. The maximum Gasteiger partial charge on any atom is 0.0705 e. The first-order valence-electron chi connectivity index (χ1n) is 9.78. The van der Waals surface area contributed by atoms with Crippen molar-refractivity contribution in [2.45, 2.75) is 79.4 Å². The van der Waals surface area contributed by atoms with E-state index in [1.165, 1.54) is 0 Å². The number of rotatable bonds is 5. The molecule has 5 nitrogen and oxygen atoms in total. The maximum absolute atomic E-state index is 9.90. The second-order valence-electron chi connectivity index (χ2n) is 7.62. The topological polar surface area (TPSA) is 90.4 Å². The van der Waals surface area contributed by atoms with Gasteiger partial charge in [0.15, 0.2) is 0 Å². The first-order chi connectivity index (χ1) is 11.9. The van der Waals surface area contributed by atoms with Crippen molar-refractivity contribution < 1.29 is 25.2 Å². The molecule has 0 saturated heterocycles. The van der Waals surface area contributed by atoms with Gasteiger partial charge in [0.2, 0.25) is 0 Å². The molecule has 0 radical (unpaired) electrons. The molecule has 0 aromatic rings. The van der Waals surface area contributed by atoms with Gasteiger partial charge in [-0.3, -0.25) is 0 Å². The molecular formula is C22H50O5S. The van der Waals surface area contributed by atoms with E-state index < -0.39 is 0 Å². The third-order valence-corrected chi connectivity index (χ3v) is 6.30. The summed E-state index contributed by atoms with van der Waals surface area (Å²) in [5, 5.41) is 18.9. The lowest BCUT2D eigenvalue weighted by atomic mass is 9.51. The van der Waals surface area contributed by atoms with E-state index in [4.69, 9.17) is 14.6 Å². The van der Waals surface area contributed by atoms with E-state index in [9.17, 15) is 5.11 Å². The van der Waals surface area contributed by atoms with Crippen LogP contribution in [0.2, 0.25) is 0 Å². The summed E-state index contributed by atoms with van der Waals surface area (Å²) in [6.07, 6.45) is 4.29. The van der Waals surface area contributed by atoms with Gasteiger partial charge in [-0.25, -0.2) is 0 Å². The van der Waals surface area contributed by atoms with Crippen LogP contribution in [0, 0.1) is 23.2 Å². The lowest BCUT2D eigenvalue weighted by molar-refractivity contribution is -0.186. The average Bonchev–Trinajstić information content (AvgIpc) is 2.64. The molecule has 4 N–H and O–H groups in total. The van der Waals surface area contributed by atoms with Gasteiger partial charge in [-0.15, -0.1) is 13.2 Å². The van der Waals surface area contributed by atoms with Crippen LogP contribution in [0.4, 0.5) is 0 Å². The first-order valence-corrected chi connectivity index (χ1v) is 9.78. The molecule has 0 aromatic carbocycles. The molecular weight excluding hydrogens is 376 g/mol. The van der Waals surface area contributed by atoms with Gasteiger partial charge in [0.25, 0.3) is 0 Å². The van der Waals surface area contributed by atoms with Crippen LogP contribution in [0.5, 0.6) is 0 Å². The number of ether oxygens (including phenoxy) is 2. The molecule has 2 aliphatic carbocycles. The molecule has 0 aliphatic heterocycles. The molecule has 28 heavy (non-hydrogen) atoms. The summed E-state index contributed by atoms with van der Waals surface area (Å²) >= 11 is 0. The first kappa shape index (κ1) is 35.3. The smallest absolute Gasteiger partial charge is 0.0705 e. The number of aliphatic hydroxyl groups is 2. The molecule has 0 amide bonds. The molecule has 6 heteroatoms. The third kappa shape index (κ3) is 7.96. The largest absolute Gasteiger partial charge is 0.412 e. The number of methoxy groups -OCH3 is 1. The van der Waals surface area contributed by atoms with Gasteiger partial charge in [-0.2, -0.15) is 13.5 Å². The van der Waals surface area contributed by atoms with Crippen molar-refractivity contribution >= 4 is 13.5 Å². The molecule has 0 spiro atoms. The van der Waals surface area contributed by atoms with Crippen molar-refractivity contribution in [3.05, 3.63) is 13.2 Å². The van der Waals surface area contributed by atoms with Crippen LogP contribution in [0.15, 0.2) is 13.2 Å². The average molecular weight is 427 g/mol. The summed E-state index contributed by atoms with van der Waals surface area (Å²) in [6.45, 7) is 17.4. The van der Waals surface area contributed by atoms with Crippen LogP contribution >= 0.6 is 13.5 Å². The lowest BCUT2D eigenvalue weighted by Gasteiger charge is -2.58. The Morgan fingerprint density at radius 1 is 1.11 bits per heavy atom. The van der Waals surface area contributed by atoms with Crippen molar-refractivity contribution in [3.63, 3.8) is 0 Å². The van der Waals surface area contributed by atoms with Crippen LogP contribution in [0.3, 0.4) is 0 Å². The lowest BCUT2D eigenvalue weighted by Crippen LogP contribution is -2.57. The van der Waals surface area contributed by atoms with E-state index in [0.717, 1.165) is 25.7 Å². The van der Waals surface area contributed by atoms with Gasteiger partial charge >= 0.3 is 0 Å². The Hall–Kier alpha value is -0.110.